The van der Waals surface area contributed by atoms with Crippen molar-refractivity contribution in [3.63, 3.8) is 0 Å². The molecular formula is C46H30N4O. The van der Waals surface area contributed by atoms with Gasteiger partial charge in [-0.2, -0.15) is 0 Å². The van der Waals surface area contributed by atoms with Gasteiger partial charge in [-0.3, -0.25) is 4.57 Å². The van der Waals surface area contributed by atoms with Crippen molar-refractivity contribution >= 4 is 77.2 Å². The normalized spacial score (nSPS) is 14.9. The number of aliphatic imine (C=N–C) groups is 1. The molecule has 1 aliphatic rings. The van der Waals surface area contributed by atoms with E-state index in [9.17, 15) is 0 Å². The molecule has 0 radical (unpaired) electrons. The Bertz CT molecular complexity index is 3040. The zero-order valence-corrected chi connectivity index (χ0v) is 27.5. The highest BCUT2D eigenvalue weighted by molar-refractivity contribution is 6.27. The van der Waals surface area contributed by atoms with Crippen LogP contribution in [-0.4, -0.2) is 15.1 Å². The summed E-state index contributed by atoms with van der Waals surface area (Å²) in [6.07, 6.45) is 2.23. The first-order valence-electron chi connectivity index (χ1n) is 17.3. The lowest BCUT2D eigenvalue weighted by Gasteiger charge is -2.25. The Hall–Kier alpha value is -6.85. The summed E-state index contributed by atoms with van der Waals surface area (Å²) in [6.45, 7) is 0. The number of nitrogens with one attached hydrogen (secondary N) is 1. The number of hydrogen-bond donors (Lipinski definition) is 1. The van der Waals surface area contributed by atoms with Gasteiger partial charge in [-0.1, -0.05) is 121 Å². The van der Waals surface area contributed by atoms with Crippen LogP contribution in [0.4, 0.5) is 0 Å². The van der Waals surface area contributed by atoms with E-state index in [1.807, 2.05) is 12.1 Å². The maximum Gasteiger partial charge on any atom is 0.209 e. The quantitative estimate of drug-likeness (QED) is 0.206. The van der Waals surface area contributed by atoms with Crippen LogP contribution in [0.1, 0.15) is 17.2 Å². The van der Waals surface area contributed by atoms with Gasteiger partial charge in [0.25, 0.3) is 0 Å². The molecule has 0 aliphatic carbocycles. The molecule has 1 atom stereocenters. The molecule has 0 bridgehead atoms. The molecule has 4 heterocycles. The summed E-state index contributed by atoms with van der Waals surface area (Å²) < 4.78 is 11.4. The summed E-state index contributed by atoms with van der Waals surface area (Å²) in [5, 5.41) is 10.7. The van der Waals surface area contributed by atoms with Crippen LogP contribution in [0.2, 0.25) is 0 Å². The van der Waals surface area contributed by atoms with Crippen molar-refractivity contribution in [3.05, 3.63) is 181 Å². The Morgan fingerprint density at radius 1 is 0.510 bits per heavy atom. The van der Waals surface area contributed by atoms with Gasteiger partial charge >= 0.3 is 0 Å². The Kier molecular flexibility index (Phi) is 5.95. The summed E-state index contributed by atoms with van der Waals surface area (Å²) in [6, 6.07) is 57.7. The first kappa shape index (κ1) is 28.0. The fraction of sp³-hybridized carbons (Fsp3) is 0.0217. The van der Waals surface area contributed by atoms with Crippen molar-refractivity contribution in [1.29, 1.82) is 0 Å². The standard InChI is InChI=1S/C46H30N4O/c1-4-14-29(15-5-1)38-27-39(30-16-6-2-7-17-30)48-46(47-38)50-42-28-41-36(32-20-10-12-22-40(32)49(41)31-18-8-3-9-19-31)26-37(42)34-24-25-35-33-21-11-13-23-43(33)51-45(35)44(34)50/h1-28,38H,(H,47,48). The Morgan fingerprint density at radius 2 is 1.16 bits per heavy atom. The van der Waals surface area contributed by atoms with E-state index in [1.54, 1.807) is 0 Å². The highest BCUT2D eigenvalue weighted by Gasteiger charge is 2.26. The van der Waals surface area contributed by atoms with Crippen LogP contribution in [0.25, 0.3) is 76.9 Å². The van der Waals surface area contributed by atoms with Crippen LogP contribution >= 0.6 is 0 Å². The first-order chi connectivity index (χ1) is 25.3. The third-order valence-electron chi connectivity index (χ3n) is 10.4. The lowest BCUT2D eigenvalue weighted by molar-refractivity contribution is 0.670. The first-order valence-corrected chi connectivity index (χ1v) is 17.3. The number of aromatic nitrogens is 2. The number of benzene rings is 7. The summed E-state index contributed by atoms with van der Waals surface area (Å²) in [4.78, 5) is 5.42. The number of fused-ring (bicyclic) bond motifs is 10. The zero-order chi connectivity index (χ0) is 33.5. The molecule has 5 nitrogen and oxygen atoms in total. The molecule has 240 valence electrons. The van der Waals surface area contributed by atoms with Gasteiger partial charge in [-0.25, -0.2) is 4.99 Å². The van der Waals surface area contributed by atoms with Crippen LogP contribution < -0.4 is 5.32 Å². The van der Waals surface area contributed by atoms with Gasteiger partial charge in [-0.05, 0) is 54.1 Å². The van der Waals surface area contributed by atoms with Crippen LogP contribution in [0.15, 0.2) is 179 Å². The summed E-state index contributed by atoms with van der Waals surface area (Å²) in [5.41, 5.74) is 10.4. The average molecular weight is 655 g/mol. The van der Waals surface area contributed by atoms with Crippen molar-refractivity contribution in [2.75, 3.05) is 0 Å². The lowest BCUT2D eigenvalue weighted by Crippen LogP contribution is -2.35. The predicted molar refractivity (Wildman–Crippen MR) is 211 cm³/mol. The second kappa shape index (κ2) is 10.8. The predicted octanol–water partition coefficient (Wildman–Crippen LogP) is 11.4. The molecule has 1 N–H and O–H groups in total. The second-order valence-electron chi connectivity index (χ2n) is 13.2. The second-order valence-corrected chi connectivity index (χ2v) is 13.2. The van der Waals surface area contributed by atoms with E-state index in [4.69, 9.17) is 9.41 Å². The highest BCUT2D eigenvalue weighted by Crippen LogP contribution is 2.43. The third kappa shape index (κ3) is 4.18. The van der Waals surface area contributed by atoms with E-state index >= 15 is 0 Å². The van der Waals surface area contributed by atoms with E-state index in [0.29, 0.717) is 0 Å². The Morgan fingerprint density at radius 3 is 1.98 bits per heavy atom. The van der Waals surface area contributed by atoms with Gasteiger partial charge < -0.3 is 14.3 Å². The largest absolute Gasteiger partial charge is 0.454 e. The molecule has 0 saturated carbocycles. The smallest absolute Gasteiger partial charge is 0.209 e. The van der Waals surface area contributed by atoms with E-state index in [0.717, 1.165) is 72.2 Å². The molecule has 0 amide bonds. The number of rotatable bonds is 3. The third-order valence-corrected chi connectivity index (χ3v) is 10.4. The van der Waals surface area contributed by atoms with Crippen molar-refractivity contribution < 1.29 is 4.42 Å². The van der Waals surface area contributed by atoms with Gasteiger partial charge in [0.05, 0.1) is 28.3 Å². The molecule has 3 aromatic heterocycles. The molecule has 11 rings (SSSR count). The zero-order valence-electron chi connectivity index (χ0n) is 27.5. The molecular weight excluding hydrogens is 625 g/mol. The van der Waals surface area contributed by atoms with Crippen LogP contribution in [0.5, 0.6) is 0 Å². The van der Waals surface area contributed by atoms with Crippen molar-refractivity contribution in [2.45, 2.75) is 6.04 Å². The van der Waals surface area contributed by atoms with Gasteiger partial charge in [0, 0.05) is 43.6 Å². The van der Waals surface area contributed by atoms with Crippen LogP contribution in [0, 0.1) is 0 Å². The summed E-state index contributed by atoms with van der Waals surface area (Å²) in [5.74, 6) is 0.750. The SMILES string of the molecule is C1=C(c2ccccc2)N=C(n2c3cc4c(cc3c3ccc5c6ccccc6oc5c32)c2ccccc2n4-c2ccccc2)NC1c1ccccc1. The summed E-state index contributed by atoms with van der Waals surface area (Å²) >= 11 is 0. The fourth-order valence-electron chi connectivity index (χ4n) is 8.06. The molecule has 51 heavy (non-hydrogen) atoms. The molecule has 7 aromatic carbocycles. The summed E-state index contributed by atoms with van der Waals surface area (Å²) in [7, 11) is 0. The van der Waals surface area contributed by atoms with Crippen LogP contribution in [0.3, 0.4) is 0 Å². The van der Waals surface area contributed by atoms with Gasteiger partial charge in [0.15, 0.2) is 5.58 Å². The minimum absolute atomic E-state index is 0.101. The van der Waals surface area contributed by atoms with E-state index in [1.165, 1.54) is 21.9 Å². The minimum atomic E-state index is -0.101. The van der Waals surface area contributed by atoms with Crippen molar-refractivity contribution in [2.24, 2.45) is 4.99 Å². The molecule has 10 aromatic rings. The van der Waals surface area contributed by atoms with Crippen LogP contribution in [-0.2, 0) is 0 Å². The molecule has 5 heteroatoms. The number of para-hydroxylation sites is 3. The van der Waals surface area contributed by atoms with Crippen molar-refractivity contribution in [3.8, 4) is 5.69 Å². The van der Waals surface area contributed by atoms with E-state index in [2.05, 4.69) is 172 Å². The fourth-order valence-corrected chi connectivity index (χ4v) is 8.06. The lowest BCUT2D eigenvalue weighted by atomic mass is 10.0. The number of nitrogens with zero attached hydrogens (tertiary/aromatic N) is 3. The highest BCUT2D eigenvalue weighted by atomic mass is 16.3. The van der Waals surface area contributed by atoms with Gasteiger partial charge in [0.2, 0.25) is 5.96 Å². The molecule has 0 fully saturated rings. The van der Waals surface area contributed by atoms with Crippen molar-refractivity contribution in [1.82, 2.24) is 14.5 Å². The van der Waals surface area contributed by atoms with E-state index in [-0.39, 0.29) is 6.04 Å². The molecule has 1 unspecified atom stereocenters. The topological polar surface area (TPSA) is 47.4 Å². The molecule has 0 spiro atoms. The molecule has 0 saturated heterocycles. The maximum absolute atomic E-state index is 6.77. The minimum Gasteiger partial charge on any atom is -0.454 e. The Balaban J connectivity index is 1.29. The number of hydrogen-bond acceptors (Lipinski definition) is 3. The van der Waals surface area contributed by atoms with Gasteiger partial charge in [-0.15, -0.1) is 0 Å². The molecule has 1 aliphatic heterocycles. The maximum atomic E-state index is 6.77. The Labute approximate surface area is 293 Å². The monoisotopic (exact) mass is 654 g/mol. The average Bonchev–Trinajstić information content (AvgIpc) is 3.85. The van der Waals surface area contributed by atoms with Gasteiger partial charge in [0.1, 0.15) is 11.1 Å². The van der Waals surface area contributed by atoms with E-state index < -0.39 is 0 Å². The number of furan rings is 1.